The number of rotatable bonds is 5. The molecule has 2 amide bonds. The van der Waals surface area contributed by atoms with E-state index in [4.69, 9.17) is 15.8 Å². The van der Waals surface area contributed by atoms with Gasteiger partial charge >= 0.3 is 13.5 Å². The summed E-state index contributed by atoms with van der Waals surface area (Å²) in [6.07, 6.45) is 5.16. The molecule has 0 aromatic heterocycles. The first-order valence-electron chi connectivity index (χ1n) is 6.48. The highest BCUT2D eigenvalue weighted by molar-refractivity contribution is 7.65. The highest BCUT2D eigenvalue weighted by atomic mass is 31.2. The Bertz CT molecular complexity index is 721. The van der Waals surface area contributed by atoms with Crippen molar-refractivity contribution in [3.05, 3.63) is 29.8 Å². The van der Waals surface area contributed by atoms with Gasteiger partial charge in [-0.3, -0.25) is 14.2 Å². The first-order valence-corrected chi connectivity index (χ1v) is 8.11. The molecule has 1 aromatic rings. The van der Waals surface area contributed by atoms with Crippen LogP contribution in [-0.2, 0) is 23.5 Å². The minimum absolute atomic E-state index is 0.0212. The molecule has 0 bridgehead atoms. The Labute approximate surface area is 132 Å². The van der Waals surface area contributed by atoms with Gasteiger partial charge in [0.2, 0.25) is 0 Å². The van der Waals surface area contributed by atoms with Gasteiger partial charge in [0.1, 0.15) is 0 Å². The second-order valence-electron chi connectivity index (χ2n) is 4.51. The largest absolute Gasteiger partial charge is 0.366 e. The summed E-state index contributed by atoms with van der Waals surface area (Å²) >= 11 is 0. The predicted molar refractivity (Wildman–Crippen MR) is 80.0 cm³/mol. The Balaban J connectivity index is 2.06. The average Bonchev–Trinajstić information content (AvgIpc) is 2.87. The summed E-state index contributed by atoms with van der Waals surface area (Å²) in [5.41, 5.74) is 2.50. The molecule has 1 aliphatic heterocycles. The SMILES string of the molecule is C#CP(=O)(Nc1ccc(C(=O)ON2C(=O)CCC2=O)cc1)OC. The standard InChI is InChI=1S/C14H13N2O6P/c1-3-23(20,21-2)15-11-6-4-10(5-7-11)14(19)22-16-12(17)8-9-13(16)18/h1,4-7H,8-9H2,2H3,(H,15,20). The number of hydrogen-bond acceptors (Lipinski definition) is 6. The van der Waals surface area contributed by atoms with Crippen LogP contribution in [0.15, 0.2) is 24.3 Å². The van der Waals surface area contributed by atoms with Gasteiger partial charge in [-0.1, -0.05) is 0 Å². The van der Waals surface area contributed by atoms with Crippen LogP contribution in [0, 0.1) is 12.1 Å². The lowest BCUT2D eigenvalue weighted by atomic mass is 10.2. The van der Waals surface area contributed by atoms with Crippen molar-refractivity contribution >= 4 is 31.0 Å². The maximum Gasteiger partial charge on any atom is 0.366 e. The van der Waals surface area contributed by atoms with Crippen LogP contribution in [-0.4, -0.2) is 30.0 Å². The van der Waals surface area contributed by atoms with Crippen molar-refractivity contribution in [2.75, 3.05) is 12.2 Å². The Morgan fingerprint density at radius 2 is 1.83 bits per heavy atom. The molecule has 1 aromatic carbocycles. The van der Waals surface area contributed by atoms with Crippen molar-refractivity contribution in [1.82, 2.24) is 5.06 Å². The van der Waals surface area contributed by atoms with Crippen LogP contribution in [0.3, 0.4) is 0 Å². The Hall–Kier alpha value is -2.62. The van der Waals surface area contributed by atoms with Crippen LogP contribution >= 0.6 is 7.52 Å². The zero-order valence-corrected chi connectivity index (χ0v) is 13.0. The molecule has 120 valence electrons. The number of hydroxylamine groups is 2. The number of nitrogens with one attached hydrogen (secondary N) is 1. The minimum Gasteiger partial charge on any atom is -0.325 e. The predicted octanol–water partition coefficient (Wildman–Crippen LogP) is 1.75. The smallest absolute Gasteiger partial charge is 0.325 e. The van der Waals surface area contributed by atoms with Gasteiger partial charge in [0.05, 0.1) is 5.56 Å². The Morgan fingerprint density at radius 1 is 1.26 bits per heavy atom. The van der Waals surface area contributed by atoms with Crippen molar-refractivity contribution in [2.24, 2.45) is 0 Å². The van der Waals surface area contributed by atoms with E-state index in [9.17, 15) is 18.9 Å². The fourth-order valence-electron chi connectivity index (χ4n) is 1.77. The van der Waals surface area contributed by atoms with Crippen LogP contribution in [0.1, 0.15) is 23.2 Å². The molecule has 1 fully saturated rings. The molecule has 0 aliphatic carbocycles. The van der Waals surface area contributed by atoms with Gasteiger partial charge in [0.15, 0.2) is 0 Å². The first kappa shape index (κ1) is 16.7. The van der Waals surface area contributed by atoms with E-state index < -0.39 is 25.3 Å². The van der Waals surface area contributed by atoms with Crippen molar-refractivity contribution in [3.8, 4) is 12.1 Å². The summed E-state index contributed by atoms with van der Waals surface area (Å²) < 4.78 is 16.6. The normalized spacial score (nSPS) is 16.6. The van der Waals surface area contributed by atoms with Crippen LogP contribution in [0.4, 0.5) is 5.69 Å². The quantitative estimate of drug-likeness (QED) is 0.496. The van der Waals surface area contributed by atoms with E-state index in [0.717, 1.165) is 0 Å². The molecule has 1 aliphatic rings. The first-order chi connectivity index (χ1) is 10.9. The molecule has 23 heavy (non-hydrogen) atoms. The van der Waals surface area contributed by atoms with E-state index in [-0.39, 0.29) is 18.4 Å². The van der Waals surface area contributed by atoms with Crippen LogP contribution in [0.25, 0.3) is 0 Å². The third-order valence-electron chi connectivity index (χ3n) is 3.00. The number of terminal acetylenes is 1. The van der Waals surface area contributed by atoms with E-state index in [2.05, 4.69) is 5.09 Å². The number of nitrogens with zero attached hydrogens (tertiary/aromatic N) is 1. The van der Waals surface area contributed by atoms with Gasteiger partial charge in [0, 0.05) is 31.3 Å². The molecule has 1 heterocycles. The van der Waals surface area contributed by atoms with Crippen LogP contribution in [0.2, 0.25) is 0 Å². The van der Waals surface area contributed by atoms with E-state index >= 15 is 0 Å². The summed E-state index contributed by atoms with van der Waals surface area (Å²) in [5.74, 6) is -1.97. The zero-order chi connectivity index (χ0) is 17.0. The van der Waals surface area contributed by atoms with Gasteiger partial charge in [-0.05, 0) is 24.3 Å². The highest BCUT2D eigenvalue weighted by Crippen LogP contribution is 2.44. The number of amides is 2. The summed E-state index contributed by atoms with van der Waals surface area (Å²) in [7, 11) is -2.21. The van der Waals surface area contributed by atoms with Gasteiger partial charge in [0.25, 0.3) is 11.8 Å². The average molecular weight is 336 g/mol. The number of anilines is 1. The fraction of sp³-hybridized carbons (Fsp3) is 0.214. The van der Waals surface area contributed by atoms with Gasteiger partial charge in [-0.25, -0.2) is 4.79 Å². The van der Waals surface area contributed by atoms with Gasteiger partial charge < -0.3 is 14.4 Å². The lowest BCUT2D eigenvalue weighted by molar-refractivity contribution is -0.172. The summed E-state index contributed by atoms with van der Waals surface area (Å²) in [6, 6.07) is 5.61. The maximum atomic E-state index is 11.9. The number of imide groups is 1. The molecule has 0 saturated carbocycles. The third-order valence-corrected chi connectivity index (χ3v) is 4.41. The summed E-state index contributed by atoms with van der Waals surface area (Å²) in [4.78, 5) is 39.4. The molecule has 1 saturated heterocycles. The number of benzene rings is 1. The molecular weight excluding hydrogens is 323 g/mol. The summed E-state index contributed by atoms with van der Waals surface area (Å²) in [6.45, 7) is 0. The van der Waals surface area contributed by atoms with Crippen molar-refractivity contribution in [2.45, 2.75) is 12.8 Å². The van der Waals surface area contributed by atoms with Gasteiger partial charge in [-0.15, -0.1) is 11.5 Å². The maximum absolute atomic E-state index is 11.9. The Morgan fingerprint density at radius 3 is 2.30 bits per heavy atom. The van der Waals surface area contributed by atoms with E-state index in [1.165, 1.54) is 31.4 Å². The second-order valence-corrected chi connectivity index (χ2v) is 6.46. The van der Waals surface area contributed by atoms with Crippen LogP contribution < -0.4 is 5.09 Å². The zero-order valence-electron chi connectivity index (χ0n) is 12.1. The molecule has 1 unspecified atom stereocenters. The number of hydrogen-bond donors (Lipinski definition) is 1. The third kappa shape index (κ3) is 3.77. The second kappa shape index (κ2) is 6.65. The molecule has 1 atom stereocenters. The number of carbonyl (C=O) groups excluding carboxylic acids is 3. The topological polar surface area (TPSA) is 102 Å². The Kier molecular flexibility index (Phi) is 4.84. The van der Waals surface area contributed by atoms with E-state index in [1.807, 2.05) is 5.66 Å². The summed E-state index contributed by atoms with van der Waals surface area (Å²) in [5, 5.41) is 3.00. The molecule has 8 nitrogen and oxygen atoms in total. The fourth-order valence-corrected chi connectivity index (χ4v) is 2.53. The lowest BCUT2D eigenvalue weighted by Gasteiger charge is -2.14. The molecule has 1 N–H and O–H groups in total. The van der Waals surface area contributed by atoms with Crippen LogP contribution in [0.5, 0.6) is 0 Å². The van der Waals surface area contributed by atoms with E-state index in [1.54, 1.807) is 0 Å². The van der Waals surface area contributed by atoms with Crippen molar-refractivity contribution < 1.29 is 28.3 Å². The monoisotopic (exact) mass is 336 g/mol. The highest BCUT2D eigenvalue weighted by Gasteiger charge is 2.33. The molecule has 9 heteroatoms. The molecule has 0 spiro atoms. The number of carbonyl (C=O) groups is 3. The molecule has 0 radical (unpaired) electrons. The molecule has 2 rings (SSSR count). The van der Waals surface area contributed by atoms with E-state index in [0.29, 0.717) is 10.8 Å². The lowest BCUT2D eigenvalue weighted by Crippen LogP contribution is -2.32. The molecular formula is C14H13N2O6P. The van der Waals surface area contributed by atoms with Crippen molar-refractivity contribution in [3.63, 3.8) is 0 Å². The van der Waals surface area contributed by atoms with Crippen molar-refractivity contribution in [1.29, 1.82) is 0 Å². The van der Waals surface area contributed by atoms with Gasteiger partial charge in [-0.2, -0.15) is 0 Å². The minimum atomic E-state index is -3.42.